The summed E-state index contributed by atoms with van der Waals surface area (Å²) >= 11 is 0. The molecule has 9 nitrogen and oxygen atoms in total. The predicted octanol–water partition coefficient (Wildman–Crippen LogP) is 4.79. The molecule has 36 heavy (non-hydrogen) atoms. The first-order chi connectivity index (χ1) is 17.3. The average Bonchev–Trinajstić information content (AvgIpc) is 3.63. The van der Waals surface area contributed by atoms with Crippen molar-refractivity contribution in [1.82, 2.24) is 24.7 Å². The number of carbonyl (C=O) groups is 1. The smallest absolute Gasteiger partial charge is 0.314 e. The zero-order valence-electron chi connectivity index (χ0n) is 20.2. The predicted molar refractivity (Wildman–Crippen MR) is 135 cm³/mol. The van der Waals surface area contributed by atoms with Crippen LogP contribution in [0.4, 0.5) is 11.6 Å². The molecule has 0 bridgehead atoms. The fourth-order valence-corrected chi connectivity index (χ4v) is 4.26. The van der Waals surface area contributed by atoms with Gasteiger partial charge in [-0.3, -0.25) is 19.4 Å². The fraction of sp³-hybridized carbons (Fsp3) is 0.259. The Morgan fingerprint density at radius 3 is 2.58 bits per heavy atom. The topological polar surface area (TPSA) is 130 Å². The summed E-state index contributed by atoms with van der Waals surface area (Å²) in [6.45, 7) is 4.13. The third-order valence-corrected chi connectivity index (χ3v) is 6.63. The lowest BCUT2D eigenvalue weighted by Gasteiger charge is -2.13. The maximum Gasteiger partial charge on any atom is 0.314 e. The maximum atomic E-state index is 11.7. The molecule has 0 amide bonds. The number of hydrogen-bond donors (Lipinski definition) is 2. The minimum atomic E-state index is -0.852. The first-order valence-corrected chi connectivity index (χ1v) is 11.7. The first-order valence-electron chi connectivity index (χ1n) is 11.7. The van der Waals surface area contributed by atoms with Crippen LogP contribution in [0, 0.1) is 11.3 Å². The number of nitrogens with zero attached hydrogens (tertiary/aromatic N) is 6. The van der Waals surface area contributed by atoms with Crippen LogP contribution in [0.3, 0.4) is 0 Å². The molecule has 1 aromatic carbocycles. The number of nitrogens with one attached hydrogen (secondary N) is 1. The number of hydrogen-bond acceptors (Lipinski definition) is 7. The molecule has 3 aromatic heterocycles. The van der Waals surface area contributed by atoms with Gasteiger partial charge in [0.25, 0.3) is 0 Å². The van der Waals surface area contributed by atoms with Crippen LogP contribution in [0.5, 0.6) is 0 Å². The van der Waals surface area contributed by atoms with Crippen LogP contribution < -0.4 is 5.32 Å². The molecular formula is C27H25N7O2. The molecule has 1 aliphatic rings. The Bertz CT molecular complexity index is 1500. The van der Waals surface area contributed by atoms with Gasteiger partial charge in [-0.15, -0.1) is 0 Å². The zero-order valence-corrected chi connectivity index (χ0v) is 20.2. The molecule has 0 unspecified atom stereocenters. The Labute approximate surface area is 208 Å². The molecule has 1 fully saturated rings. The van der Waals surface area contributed by atoms with Crippen LogP contribution in [0.1, 0.15) is 49.4 Å². The number of benzene rings is 1. The number of nitriles is 1. The van der Waals surface area contributed by atoms with E-state index in [4.69, 9.17) is 0 Å². The van der Waals surface area contributed by atoms with Crippen molar-refractivity contribution in [2.24, 2.45) is 7.05 Å². The third-order valence-electron chi connectivity index (χ3n) is 6.63. The van der Waals surface area contributed by atoms with Crippen LogP contribution >= 0.6 is 0 Å². The van der Waals surface area contributed by atoms with E-state index in [1.54, 1.807) is 41.6 Å². The molecule has 0 radical (unpaired) electrons. The van der Waals surface area contributed by atoms with E-state index in [1.807, 2.05) is 25.2 Å². The Morgan fingerprint density at radius 2 is 1.94 bits per heavy atom. The largest absolute Gasteiger partial charge is 0.481 e. The van der Waals surface area contributed by atoms with Crippen molar-refractivity contribution in [3.63, 3.8) is 0 Å². The summed E-state index contributed by atoms with van der Waals surface area (Å²) in [7, 11) is 1.84. The number of aromatic nitrogens is 5. The molecular weight excluding hydrogens is 454 g/mol. The number of carboxylic acids is 1. The molecule has 0 saturated heterocycles. The van der Waals surface area contributed by atoms with Gasteiger partial charge in [0, 0.05) is 30.6 Å². The highest BCUT2D eigenvalue weighted by Gasteiger charge is 2.51. The van der Waals surface area contributed by atoms with Crippen molar-refractivity contribution in [1.29, 1.82) is 5.26 Å². The van der Waals surface area contributed by atoms with Crippen LogP contribution in [0.2, 0.25) is 0 Å². The number of pyridine rings is 1. The Kier molecular flexibility index (Phi) is 5.72. The summed E-state index contributed by atoms with van der Waals surface area (Å²) in [4.78, 5) is 25.2. The monoisotopic (exact) mass is 479 g/mol. The molecule has 1 aliphatic carbocycles. The van der Waals surface area contributed by atoms with Gasteiger partial charge in [0.2, 0.25) is 0 Å². The number of aliphatic carboxylic acids is 1. The van der Waals surface area contributed by atoms with E-state index < -0.39 is 11.4 Å². The highest BCUT2D eigenvalue weighted by molar-refractivity contribution is 5.86. The van der Waals surface area contributed by atoms with E-state index in [-0.39, 0.29) is 5.92 Å². The summed E-state index contributed by atoms with van der Waals surface area (Å²) in [5.41, 5.74) is 4.14. The Balaban J connectivity index is 1.44. The van der Waals surface area contributed by atoms with Gasteiger partial charge < -0.3 is 10.4 Å². The lowest BCUT2D eigenvalue weighted by Crippen LogP contribution is -2.19. The summed E-state index contributed by atoms with van der Waals surface area (Å²) in [6.07, 6.45) is 8.07. The quantitative estimate of drug-likeness (QED) is 0.387. The minimum absolute atomic E-state index is 0.255. The van der Waals surface area contributed by atoms with Gasteiger partial charge in [0.05, 0.1) is 46.4 Å². The van der Waals surface area contributed by atoms with E-state index in [0.29, 0.717) is 41.0 Å². The lowest BCUT2D eigenvalue weighted by molar-refractivity contribution is -0.140. The molecule has 9 heteroatoms. The van der Waals surface area contributed by atoms with Crippen LogP contribution in [0.25, 0.3) is 22.4 Å². The second-order valence-electron chi connectivity index (χ2n) is 9.33. The summed E-state index contributed by atoms with van der Waals surface area (Å²) in [5.74, 6) is 0.769. The van der Waals surface area contributed by atoms with Crippen molar-refractivity contribution in [2.45, 2.75) is 38.0 Å². The van der Waals surface area contributed by atoms with Crippen molar-refractivity contribution < 1.29 is 9.90 Å². The number of aryl methyl sites for hydroxylation is 1. The number of carboxylic acid groups (broad SMARTS) is 1. The number of rotatable bonds is 7. The molecule has 180 valence electrons. The van der Waals surface area contributed by atoms with E-state index in [1.165, 1.54) is 0 Å². The lowest BCUT2D eigenvalue weighted by atomic mass is 9.91. The van der Waals surface area contributed by atoms with Crippen LogP contribution in [-0.2, 0) is 17.3 Å². The molecule has 0 spiro atoms. The highest BCUT2D eigenvalue weighted by Crippen LogP contribution is 2.49. The van der Waals surface area contributed by atoms with E-state index in [2.05, 4.69) is 45.3 Å². The molecule has 0 aliphatic heterocycles. The van der Waals surface area contributed by atoms with Crippen LogP contribution in [-0.4, -0.2) is 35.8 Å². The summed E-state index contributed by atoms with van der Waals surface area (Å²) in [6, 6.07) is 11.3. The molecule has 2 N–H and O–H groups in total. The average molecular weight is 480 g/mol. The van der Waals surface area contributed by atoms with Gasteiger partial charge in [-0.2, -0.15) is 10.4 Å². The van der Waals surface area contributed by atoms with Gasteiger partial charge in [-0.1, -0.05) is 32.0 Å². The third kappa shape index (κ3) is 4.07. The fourth-order valence-electron chi connectivity index (χ4n) is 4.26. The molecule has 1 saturated carbocycles. The molecule has 4 aromatic rings. The van der Waals surface area contributed by atoms with E-state index in [0.717, 1.165) is 22.6 Å². The van der Waals surface area contributed by atoms with Crippen molar-refractivity contribution in [2.75, 3.05) is 5.32 Å². The van der Waals surface area contributed by atoms with Gasteiger partial charge in [-0.05, 0) is 36.5 Å². The second-order valence-corrected chi connectivity index (χ2v) is 9.33. The van der Waals surface area contributed by atoms with E-state index in [9.17, 15) is 15.2 Å². The van der Waals surface area contributed by atoms with E-state index >= 15 is 0 Å². The normalized spacial score (nSPS) is 13.9. The Hall–Kier alpha value is -4.58. The SMILES string of the molecule is CC(C)c1cncc(Nc2c(-c3ccc(-c4ccc(C5(C(=O)O)CC5)cc4C#N)cn3)cnn2C)n1. The van der Waals surface area contributed by atoms with Gasteiger partial charge in [0.1, 0.15) is 11.6 Å². The van der Waals surface area contributed by atoms with Crippen molar-refractivity contribution >= 4 is 17.6 Å². The standard InChI is InChI=1S/C27H25N7O2/c1-16(2)23-14-29-15-24(32-23)33-25-21(13-31-34(25)3)22-7-4-17(12-30-22)20-6-5-19(10-18(20)11-28)27(8-9-27)26(35)36/h4-7,10,12-16H,8-9H2,1-3H3,(H,32,33)(H,35,36). The van der Waals surface area contributed by atoms with Gasteiger partial charge >= 0.3 is 5.97 Å². The summed E-state index contributed by atoms with van der Waals surface area (Å²) in [5, 5.41) is 27.0. The second kappa shape index (κ2) is 8.89. The Morgan fingerprint density at radius 1 is 1.14 bits per heavy atom. The molecule has 5 rings (SSSR count). The summed E-state index contributed by atoms with van der Waals surface area (Å²) < 4.78 is 1.72. The first kappa shape index (κ1) is 23.2. The molecule has 0 atom stereocenters. The maximum absolute atomic E-state index is 11.7. The van der Waals surface area contributed by atoms with Gasteiger partial charge in [0.15, 0.2) is 0 Å². The zero-order chi connectivity index (χ0) is 25.4. The molecule has 3 heterocycles. The number of anilines is 2. The minimum Gasteiger partial charge on any atom is -0.481 e. The van der Waals surface area contributed by atoms with Gasteiger partial charge in [-0.25, -0.2) is 4.98 Å². The van der Waals surface area contributed by atoms with Crippen molar-refractivity contribution in [3.8, 4) is 28.5 Å². The van der Waals surface area contributed by atoms with Crippen molar-refractivity contribution in [3.05, 3.63) is 71.9 Å². The highest BCUT2D eigenvalue weighted by atomic mass is 16.4. The van der Waals surface area contributed by atoms with Crippen LogP contribution in [0.15, 0.2) is 55.1 Å².